The van der Waals surface area contributed by atoms with Gasteiger partial charge < -0.3 is 5.32 Å². The molecular formula is C10H20N4S. The van der Waals surface area contributed by atoms with Gasteiger partial charge in [0.2, 0.25) is 0 Å². The average molecular weight is 228 g/mol. The van der Waals surface area contributed by atoms with Crippen molar-refractivity contribution in [3.63, 3.8) is 0 Å². The third-order valence-corrected chi connectivity index (χ3v) is 3.57. The topological polar surface area (TPSA) is 42.7 Å². The Hall–Kier alpha value is -0.550. The fourth-order valence-corrected chi connectivity index (χ4v) is 2.68. The van der Waals surface area contributed by atoms with E-state index in [1.54, 1.807) is 22.8 Å². The van der Waals surface area contributed by atoms with Crippen LogP contribution in [-0.4, -0.2) is 33.6 Å². The van der Waals surface area contributed by atoms with Crippen molar-refractivity contribution < 1.29 is 0 Å². The molecule has 0 fully saturated rings. The highest BCUT2D eigenvalue weighted by Crippen LogP contribution is 2.24. The van der Waals surface area contributed by atoms with Gasteiger partial charge in [0.15, 0.2) is 5.16 Å². The van der Waals surface area contributed by atoms with E-state index < -0.39 is 0 Å². The second-order valence-corrected chi connectivity index (χ2v) is 5.67. The molecular weight excluding hydrogens is 208 g/mol. The van der Waals surface area contributed by atoms with Gasteiger partial charge in [0, 0.05) is 18.8 Å². The first kappa shape index (κ1) is 12.5. The highest BCUT2D eigenvalue weighted by molar-refractivity contribution is 7.99. The number of thioether (sulfide) groups is 1. The van der Waals surface area contributed by atoms with E-state index in [-0.39, 0.29) is 5.41 Å². The Bertz CT molecular complexity index is 303. The zero-order valence-corrected chi connectivity index (χ0v) is 10.9. The first-order valence-electron chi connectivity index (χ1n) is 5.09. The van der Waals surface area contributed by atoms with E-state index in [0.717, 1.165) is 10.9 Å². The van der Waals surface area contributed by atoms with E-state index in [0.29, 0.717) is 6.04 Å². The van der Waals surface area contributed by atoms with Crippen LogP contribution in [0.3, 0.4) is 0 Å². The summed E-state index contributed by atoms with van der Waals surface area (Å²) in [6.07, 6.45) is 1.59. The first-order chi connectivity index (χ1) is 6.95. The first-order valence-corrected chi connectivity index (χ1v) is 6.07. The molecule has 1 rings (SSSR count). The molecule has 5 heteroatoms. The number of hydrogen-bond acceptors (Lipinski definition) is 4. The molecule has 0 aliphatic heterocycles. The largest absolute Gasteiger partial charge is 0.316 e. The van der Waals surface area contributed by atoms with Crippen LogP contribution in [0.5, 0.6) is 0 Å². The van der Waals surface area contributed by atoms with Crippen molar-refractivity contribution in [1.29, 1.82) is 0 Å². The molecule has 1 unspecified atom stereocenters. The number of nitrogens with one attached hydrogen (secondary N) is 1. The zero-order chi connectivity index (χ0) is 11.5. The summed E-state index contributed by atoms with van der Waals surface area (Å²) in [6, 6.07) is 0.471. The van der Waals surface area contributed by atoms with Crippen LogP contribution in [0.15, 0.2) is 11.5 Å². The maximum Gasteiger partial charge on any atom is 0.185 e. The summed E-state index contributed by atoms with van der Waals surface area (Å²) in [6.45, 7) is 6.72. The highest BCUT2D eigenvalue weighted by atomic mass is 32.2. The molecule has 86 valence electrons. The highest BCUT2D eigenvalue weighted by Gasteiger charge is 2.23. The fraction of sp³-hybridized carbons (Fsp3) is 0.800. The predicted octanol–water partition coefficient (Wildman–Crippen LogP) is 1.54. The van der Waals surface area contributed by atoms with Crippen LogP contribution in [0.25, 0.3) is 0 Å². The predicted molar refractivity (Wildman–Crippen MR) is 64.0 cm³/mol. The second-order valence-electron chi connectivity index (χ2n) is 4.68. The standard InChI is InChI=1S/C10H20N4S/c1-10(2,3)8(11-4)6-15-9-12-7-13-14(9)5/h7-8,11H,6H2,1-5H3. The van der Waals surface area contributed by atoms with Crippen LogP contribution >= 0.6 is 11.8 Å². The lowest BCUT2D eigenvalue weighted by atomic mass is 9.88. The zero-order valence-electron chi connectivity index (χ0n) is 10.1. The SMILES string of the molecule is CNC(CSc1ncnn1C)C(C)(C)C. The second kappa shape index (κ2) is 4.99. The van der Waals surface area contributed by atoms with Crippen molar-refractivity contribution in [2.24, 2.45) is 12.5 Å². The molecule has 0 radical (unpaired) electrons. The van der Waals surface area contributed by atoms with Gasteiger partial charge in [-0.3, -0.25) is 0 Å². The molecule has 0 saturated carbocycles. The third kappa shape index (κ3) is 3.50. The number of nitrogens with zero attached hydrogens (tertiary/aromatic N) is 3. The van der Waals surface area contributed by atoms with Crippen molar-refractivity contribution in [2.75, 3.05) is 12.8 Å². The molecule has 0 spiro atoms. The van der Waals surface area contributed by atoms with Gasteiger partial charge in [-0.1, -0.05) is 32.5 Å². The van der Waals surface area contributed by atoms with Crippen molar-refractivity contribution in [3.8, 4) is 0 Å². The molecule has 0 aliphatic carbocycles. The van der Waals surface area contributed by atoms with Crippen molar-refractivity contribution >= 4 is 11.8 Å². The summed E-state index contributed by atoms with van der Waals surface area (Å²) in [5.41, 5.74) is 0.264. The molecule has 0 saturated heterocycles. The Kier molecular flexibility index (Phi) is 4.16. The van der Waals surface area contributed by atoms with Crippen LogP contribution in [0.4, 0.5) is 0 Å². The summed E-state index contributed by atoms with van der Waals surface area (Å²) < 4.78 is 1.81. The number of aryl methyl sites for hydroxylation is 1. The number of rotatable bonds is 4. The minimum Gasteiger partial charge on any atom is -0.316 e. The van der Waals surface area contributed by atoms with Crippen molar-refractivity contribution in [1.82, 2.24) is 20.1 Å². The molecule has 1 N–H and O–H groups in total. The van der Waals surface area contributed by atoms with Crippen molar-refractivity contribution in [2.45, 2.75) is 32.0 Å². The van der Waals surface area contributed by atoms with Gasteiger partial charge in [0.1, 0.15) is 6.33 Å². The molecule has 1 atom stereocenters. The van der Waals surface area contributed by atoms with E-state index in [1.165, 1.54) is 0 Å². The van der Waals surface area contributed by atoms with Gasteiger partial charge in [-0.05, 0) is 12.5 Å². The fourth-order valence-electron chi connectivity index (χ4n) is 1.34. The Morgan fingerprint density at radius 3 is 2.60 bits per heavy atom. The maximum atomic E-state index is 4.19. The van der Waals surface area contributed by atoms with Crippen LogP contribution < -0.4 is 5.32 Å². The van der Waals surface area contributed by atoms with E-state index in [4.69, 9.17) is 0 Å². The lowest BCUT2D eigenvalue weighted by Gasteiger charge is -2.29. The monoisotopic (exact) mass is 228 g/mol. The van der Waals surface area contributed by atoms with Gasteiger partial charge in [0.25, 0.3) is 0 Å². The van der Waals surface area contributed by atoms with E-state index in [9.17, 15) is 0 Å². The Morgan fingerprint density at radius 2 is 2.20 bits per heavy atom. The molecule has 1 aromatic rings. The van der Waals surface area contributed by atoms with Crippen LogP contribution in [0, 0.1) is 5.41 Å². The Balaban J connectivity index is 2.52. The minimum absolute atomic E-state index is 0.264. The molecule has 1 heterocycles. The Labute approximate surface area is 95.9 Å². The minimum atomic E-state index is 0.264. The van der Waals surface area contributed by atoms with Crippen LogP contribution in [0.1, 0.15) is 20.8 Å². The summed E-state index contributed by atoms with van der Waals surface area (Å²) in [5, 5.41) is 8.36. The quantitative estimate of drug-likeness (QED) is 0.794. The Morgan fingerprint density at radius 1 is 1.53 bits per heavy atom. The van der Waals surface area contributed by atoms with Gasteiger partial charge in [0.05, 0.1) is 0 Å². The molecule has 0 aliphatic rings. The molecule has 0 amide bonds. The average Bonchev–Trinajstić information content (AvgIpc) is 2.50. The molecule has 0 bridgehead atoms. The van der Waals surface area contributed by atoms with Crippen LogP contribution in [0.2, 0.25) is 0 Å². The van der Waals surface area contributed by atoms with E-state index in [2.05, 4.69) is 36.2 Å². The van der Waals surface area contributed by atoms with Crippen LogP contribution in [-0.2, 0) is 7.05 Å². The normalized spacial score (nSPS) is 14.2. The molecule has 1 aromatic heterocycles. The van der Waals surface area contributed by atoms with Gasteiger partial charge >= 0.3 is 0 Å². The molecule has 4 nitrogen and oxygen atoms in total. The van der Waals surface area contributed by atoms with E-state index in [1.807, 2.05) is 14.1 Å². The molecule has 0 aromatic carbocycles. The van der Waals surface area contributed by atoms with Gasteiger partial charge in [-0.2, -0.15) is 5.10 Å². The lowest BCUT2D eigenvalue weighted by molar-refractivity contribution is 0.305. The number of aromatic nitrogens is 3. The maximum absolute atomic E-state index is 4.19. The summed E-state index contributed by atoms with van der Waals surface area (Å²) in [4.78, 5) is 4.19. The van der Waals surface area contributed by atoms with Gasteiger partial charge in [-0.15, -0.1) is 0 Å². The lowest BCUT2D eigenvalue weighted by Crippen LogP contribution is -2.40. The number of hydrogen-bond donors (Lipinski definition) is 1. The summed E-state index contributed by atoms with van der Waals surface area (Å²) >= 11 is 1.74. The summed E-state index contributed by atoms with van der Waals surface area (Å²) in [7, 11) is 3.92. The third-order valence-electron chi connectivity index (χ3n) is 2.44. The van der Waals surface area contributed by atoms with E-state index >= 15 is 0 Å². The summed E-state index contributed by atoms with van der Waals surface area (Å²) in [5.74, 6) is 1.01. The van der Waals surface area contributed by atoms with Gasteiger partial charge in [-0.25, -0.2) is 9.67 Å². The van der Waals surface area contributed by atoms with Crippen molar-refractivity contribution in [3.05, 3.63) is 6.33 Å². The smallest absolute Gasteiger partial charge is 0.185 e. The molecule has 15 heavy (non-hydrogen) atoms.